The predicted molar refractivity (Wildman–Crippen MR) is 69.5 cm³/mol. The van der Waals surface area contributed by atoms with Gasteiger partial charge in [0.05, 0.1) is 0 Å². The van der Waals surface area contributed by atoms with Gasteiger partial charge >= 0.3 is 6.18 Å². The molecule has 2 saturated carbocycles. The van der Waals surface area contributed by atoms with E-state index in [2.05, 4.69) is 20.6 Å². The third-order valence-corrected chi connectivity index (χ3v) is 4.20. The van der Waals surface area contributed by atoms with Crippen molar-refractivity contribution >= 4 is 11.8 Å². The molecule has 0 amide bonds. The lowest BCUT2D eigenvalue weighted by atomic mass is 10.0. The highest BCUT2D eigenvalue weighted by Gasteiger charge is 2.53. The zero-order valence-corrected chi connectivity index (χ0v) is 11.2. The minimum absolute atomic E-state index is 0.0152. The number of hydrogen-bond acceptors (Lipinski definition) is 4. The van der Waals surface area contributed by atoms with Gasteiger partial charge in [0.25, 0.3) is 0 Å². The summed E-state index contributed by atoms with van der Waals surface area (Å²) >= 11 is 0. The van der Waals surface area contributed by atoms with Crippen LogP contribution in [0.5, 0.6) is 0 Å². The number of nitrogens with zero attached hydrogens (tertiary/aromatic N) is 2. The van der Waals surface area contributed by atoms with Gasteiger partial charge in [-0.15, -0.1) is 0 Å². The molecule has 3 rings (SSSR count). The molecule has 0 atom stereocenters. The van der Waals surface area contributed by atoms with Gasteiger partial charge in [0, 0.05) is 19.7 Å². The highest BCUT2D eigenvalue weighted by Crippen LogP contribution is 2.61. The fourth-order valence-corrected chi connectivity index (χ4v) is 2.65. The number of rotatable bonds is 5. The van der Waals surface area contributed by atoms with Crippen LogP contribution in [0.3, 0.4) is 0 Å². The molecule has 2 N–H and O–H groups in total. The zero-order valence-electron chi connectivity index (χ0n) is 11.2. The maximum Gasteiger partial charge on any atom is 0.433 e. The minimum atomic E-state index is -4.46. The molecule has 110 valence electrons. The maximum atomic E-state index is 12.8. The van der Waals surface area contributed by atoms with E-state index in [1.807, 2.05) is 0 Å². The Kier molecular flexibility index (Phi) is 3.02. The molecular formula is C13H17F3N4. The predicted octanol–water partition coefficient (Wildman–Crippen LogP) is 3.14. The Labute approximate surface area is 115 Å². The van der Waals surface area contributed by atoms with Crippen LogP contribution in [0, 0.1) is 11.3 Å². The van der Waals surface area contributed by atoms with Crippen LogP contribution in [0.1, 0.15) is 31.4 Å². The first-order valence-electron chi connectivity index (χ1n) is 6.81. The summed E-state index contributed by atoms with van der Waals surface area (Å²) in [5.41, 5.74) is -0.612. The minimum Gasteiger partial charge on any atom is -0.369 e. The van der Waals surface area contributed by atoms with Gasteiger partial charge in [0.2, 0.25) is 5.95 Å². The van der Waals surface area contributed by atoms with Crippen LogP contribution >= 0.6 is 0 Å². The van der Waals surface area contributed by atoms with Crippen LogP contribution in [-0.4, -0.2) is 23.6 Å². The monoisotopic (exact) mass is 286 g/mol. The van der Waals surface area contributed by atoms with Crippen molar-refractivity contribution in [1.82, 2.24) is 9.97 Å². The van der Waals surface area contributed by atoms with E-state index in [9.17, 15) is 13.2 Å². The van der Waals surface area contributed by atoms with Crippen LogP contribution in [0.4, 0.5) is 24.9 Å². The number of nitrogens with one attached hydrogen (secondary N) is 2. The Morgan fingerprint density at radius 2 is 2.00 bits per heavy atom. The molecule has 20 heavy (non-hydrogen) atoms. The number of alkyl halides is 3. The van der Waals surface area contributed by atoms with E-state index in [0.29, 0.717) is 12.0 Å². The van der Waals surface area contributed by atoms with Gasteiger partial charge in [-0.25, -0.2) is 4.98 Å². The maximum absolute atomic E-state index is 12.8. The van der Waals surface area contributed by atoms with E-state index in [0.717, 1.165) is 12.0 Å². The molecule has 1 aromatic heterocycles. The molecular weight excluding hydrogens is 269 g/mol. The first kappa shape index (κ1) is 13.5. The number of halogens is 3. The van der Waals surface area contributed by atoms with E-state index in [-0.39, 0.29) is 11.8 Å². The van der Waals surface area contributed by atoms with Crippen molar-refractivity contribution in [3.63, 3.8) is 0 Å². The Balaban J connectivity index is 1.75. The number of aromatic nitrogens is 2. The Bertz CT molecular complexity index is 507. The normalized spacial score (nSPS) is 20.6. The van der Waals surface area contributed by atoms with Crippen molar-refractivity contribution in [3.05, 3.63) is 11.8 Å². The summed E-state index contributed by atoms with van der Waals surface area (Å²) in [6.45, 7) is 0.704. The molecule has 4 nitrogen and oxygen atoms in total. The largest absolute Gasteiger partial charge is 0.433 e. The smallest absolute Gasteiger partial charge is 0.369 e. The summed E-state index contributed by atoms with van der Waals surface area (Å²) in [4.78, 5) is 7.49. The van der Waals surface area contributed by atoms with Gasteiger partial charge in [0.15, 0.2) is 5.69 Å². The van der Waals surface area contributed by atoms with Gasteiger partial charge in [-0.2, -0.15) is 18.2 Å². The fraction of sp³-hybridized carbons (Fsp3) is 0.692. The molecule has 2 aliphatic carbocycles. The van der Waals surface area contributed by atoms with E-state index in [1.165, 1.54) is 32.7 Å². The highest BCUT2D eigenvalue weighted by atomic mass is 19.4. The summed E-state index contributed by atoms with van der Waals surface area (Å²) in [7, 11) is 1.51. The van der Waals surface area contributed by atoms with Crippen molar-refractivity contribution < 1.29 is 13.2 Å². The van der Waals surface area contributed by atoms with Crippen molar-refractivity contribution in [2.75, 3.05) is 24.2 Å². The number of anilines is 2. The first-order valence-corrected chi connectivity index (χ1v) is 6.81. The van der Waals surface area contributed by atoms with Gasteiger partial charge in [-0.05, 0) is 37.0 Å². The lowest BCUT2D eigenvalue weighted by Gasteiger charge is -2.16. The molecule has 0 radical (unpaired) electrons. The lowest BCUT2D eigenvalue weighted by Crippen LogP contribution is -2.19. The average Bonchev–Trinajstić information content (AvgIpc) is 3.27. The Hall–Kier alpha value is -1.53. The summed E-state index contributed by atoms with van der Waals surface area (Å²) in [6, 6.07) is 0.976. The van der Waals surface area contributed by atoms with Crippen LogP contribution in [0.15, 0.2) is 6.07 Å². The average molecular weight is 286 g/mol. The summed E-state index contributed by atoms with van der Waals surface area (Å²) in [5.74, 6) is 0.977. The Morgan fingerprint density at radius 1 is 1.30 bits per heavy atom. The summed E-state index contributed by atoms with van der Waals surface area (Å²) < 4.78 is 38.3. The van der Waals surface area contributed by atoms with E-state index in [1.54, 1.807) is 0 Å². The quantitative estimate of drug-likeness (QED) is 0.873. The van der Waals surface area contributed by atoms with Crippen molar-refractivity contribution in [3.8, 4) is 0 Å². The van der Waals surface area contributed by atoms with Crippen LogP contribution in [-0.2, 0) is 6.18 Å². The molecule has 0 aromatic carbocycles. The second kappa shape index (κ2) is 4.49. The second-order valence-corrected chi connectivity index (χ2v) is 5.70. The van der Waals surface area contributed by atoms with E-state index >= 15 is 0 Å². The summed E-state index contributed by atoms with van der Waals surface area (Å²) in [6.07, 6.45) is 0.377. The Morgan fingerprint density at radius 3 is 2.50 bits per heavy atom. The van der Waals surface area contributed by atoms with Gasteiger partial charge in [-0.3, -0.25) is 0 Å². The third kappa shape index (κ3) is 2.66. The molecule has 1 aromatic rings. The zero-order chi connectivity index (χ0) is 14.4. The highest BCUT2D eigenvalue weighted by molar-refractivity contribution is 5.43. The van der Waals surface area contributed by atoms with Crippen LogP contribution < -0.4 is 10.6 Å². The molecule has 2 fully saturated rings. The van der Waals surface area contributed by atoms with Crippen molar-refractivity contribution in [2.24, 2.45) is 11.3 Å². The number of hydrogen-bond donors (Lipinski definition) is 2. The van der Waals surface area contributed by atoms with E-state index in [4.69, 9.17) is 0 Å². The molecule has 0 unspecified atom stereocenters. The SMILES string of the molecule is CNc1nc(NCC2(C3CC3)CC2)cc(C(F)(F)F)n1. The molecule has 2 aliphatic rings. The van der Waals surface area contributed by atoms with Crippen LogP contribution in [0.2, 0.25) is 0 Å². The van der Waals surface area contributed by atoms with Gasteiger partial charge in [-0.1, -0.05) is 0 Å². The molecule has 1 heterocycles. The molecule has 0 bridgehead atoms. The standard InChI is InChI=1S/C13H17F3N4/c1-17-11-19-9(13(14,15)16)6-10(20-11)18-7-12(4-5-12)8-2-3-8/h6,8H,2-5,7H2,1H3,(H2,17,18,19,20). The van der Waals surface area contributed by atoms with Crippen molar-refractivity contribution in [2.45, 2.75) is 31.9 Å². The van der Waals surface area contributed by atoms with Gasteiger partial charge < -0.3 is 10.6 Å². The summed E-state index contributed by atoms with van der Waals surface area (Å²) in [5, 5.41) is 5.63. The second-order valence-electron chi connectivity index (χ2n) is 5.70. The molecule has 0 saturated heterocycles. The third-order valence-electron chi connectivity index (χ3n) is 4.20. The molecule has 0 spiro atoms. The fourth-order valence-electron chi connectivity index (χ4n) is 2.65. The van der Waals surface area contributed by atoms with E-state index < -0.39 is 11.9 Å². The first-order chi connectivity index (χ1) is 9.43. The van der Waals surface area contributed by atoms with Crippen LogP contribution in [0.25, 0.3) is 0 Å². The topological polar surface area (TPSA) is 49.8 Å². The molecule has 7 heteroatoms. The van der Waals surface area contributed by atoms with Crippen molar-refractivity contribution in [1.29, 1.82) is 0 Å². The molecule has 0 aliphatic heterocycles. The van der Waals surface area contributed by atoms with Gasteiger partial charge in [0.1, 0.15) is 5.82 Å². The lowest BCUT2D eigenvalue weighted by molar-refractivity contribution is -0.141.